The molecule has 7 heteroatoms. The molecule has 1 aromatic heterocycles. The lowest BCUT2D eigenvalue weighted by molar-refractivity contribution is -0.384. The van der Waals surface area contributed by atoms with E-state index in [4.69, 9.17) is 0 Å². The normalized spacial score (nSPS) is 10.5. The van der Waals surface area contributed by atoms with Gasteiger partial charge in [-0.15, -0.1) is 0 Å². The van der Waals surface area contributed by atoms with Crippen molar-refractivity contribution in [3.05, 3.63) is 86.6 Å². The molecule has 2 aromatic carbocycles. The molecule has 3 rings (SSSR count). The second-order valence-electron chi connectivity index (χ2n) is 5.25. The molecule has 3 aromatic rings. The summed E-state index contributed by atoms with van der Waals surface area (Å²) in [6.45, 7) is 1.32. The van der Waals surface area contributed by atoms with E-state index in [-0.39, 0.29) is 5.69 Å². The van der Waals surface area contributed by atoms with Crippen LogP contribution in [0.25, 0.3) is 0 Å². The Morgan fingerprint density at radius 3 is 2.62 bits per heavy atom. The summed E-state index contributed by atoms with van der Waals surface area (Å²) in [5, 5.41) is 18.3. The van der Waals surface area contributed by atoms with Crippen molar-refractivity contribution in [1.29, 1.82) is 0 Å². The van der Waals surface area contributed by atoms with Crippen LogP contribution in [0.5, 0.6) is 0 Å². The third-order valence-electron chi connectivity index (χ3n) is 3.64. The molecule has 0 bridgehead atoms. The zero-order chi connectivity index (χ0) is 16.9. The number of aromatic nitrogens is 2. The van der Waals surface area contributed by atoms with Gasteiger partial charge in [0.05, 0.1) is 11.5 Å². The first kappa shape index (κ1) is 16.2. The van der Waals surface area contributed by atoms with Gasteiger partial charge in [-0.25, -0.2) is 0 Å². The Bertz CT molecular complexity index is 850. The van der Waals surface area contributed by atoms with Crippen LogP contribution >= 0.6 is 15.9 Å². The SMILES string of the molecule is O=[N+]([O-])c1ccc(NCc2ccccc2Cn2cccn2)c(Br)c1. The number of nitrogens with zero attached hydrogens (tertiary/aromatic N) is 3. The lowest BCUT2D eigenvalue weighted by atomic mass is 10.1. The van der Waals surface area contributed by atoms with Crippen molar-refractivity contribution < 1.29 is 4.92 Å². The number of nitro groups is 1. The van der Waals surface area contributed by atoms with Gasteiger partial charge in [0.2, 0.25) is 0 Å². The first-order chi connectivity index (χ1) is 11.6. The highest BCUT2D eigenvalue weighted by molar-refractivity contribution is 9.10. The third kappa shape index (κ3) is 3.80. The van der Waals surface area contributed by atoms with Gasteiger partial charge < -0.3 is 5.32 Å². The Morgan fingerprint density at radius 1 is 1.17 bits per heavy atom. The number of anilines is 1. The molecule has 0 amide bonds. The van der Waals surface area contributed by atoms with Gasteiger partial charge in [-0.3, -0.25) is 14.8 Å². The fraction of sp³-hybridized carbons (Fsp3) is 0.118. The minimum atomic E-state index is -0.409. The van der Waals surface area contributed by atoms with Crippen molar-refractivity contribution in [3.63, 3.8) is 0 Å². The second kappa shape index (κ2) is 7.27. The summed E-state index contributed by atoms with van der Waals surface area (Å²) in [7, 11) is 0. The lowest BCUT2D eigenvalue weighted by Crippen LogP contribution is -2.07. The number of hydrogen-bond donors (Lipinski definition) is 1. The van der Waals surface area contributed by atoms with E-state index in [0.29, 0.717) is 17.6 Å². The first-order valence-corrected chi connectivity index (χ1v) is 8.15. The maximum absolute atomic E-state index is 10.8. The average Bonchev–Trinajstić information content (AvgIpc) is 3.08. The van der Waals surface area contributed by atoms with E-state index in [9.17, 15) is 10.1 Å². The quantitative estimate of drug-likeness (QED) is 0.508. The van der Waals surface area contributed by atoms with Crippen LogP contribution in [0.1, 0.15) is 11.1 Å². The van der Waals surface area contributed by atoms with Crippen molar-refractivity contribution in [2.75, 3.05) is 5.32 Å². The van der Waals surface area contributed by atoms with Gasteiger partial charge >= 0.3 is 0 Å². The number of non-ortho nitro benzene ring substituents is 1. The van der Waals surface area contributed by atoms with Crippen LogP contribution in [0.15, 0.2) is 65.4 Å². The number of rotatable bonds is 6. The van der Waals surface area contributed by atoms with Crippen molar-refractivity contribution in [3.8, 4) is 0 Å². The monoisotopic (exact) mass is 386 g/mol. The summed E-state index contributed by atoms with van der Waals surface area (Å²) >= 11 is 3.38. The van der Waals surface area contributed by atoms with Crippen LogP contribution in [0.4, 0.5) is 11.4 Å². The van der Waals surface area contributed by atoms with Crippen molar-refractivity contribution >= 4 is 27.3 Å². The number of nitrogens with one attached hydrogen (secondary N) is 1. The van der Waals surface area contributed by atoms with Crippen LogP contribution in [0.3, 0.4) is 0 Å². The number of halogens is 1. The van der Waals surface area contributed by atoms with E-state index in [1.54, 1.807) is 12.3 Å². The lowest BCUT2D eigenvalue weighted by Gasteiger charge is -2.12. The van der Waals surface area contributed by atoms with Crippen LogP contribution in [-0.2, 0) is 13.1 Å². The highest BCUT2D eigenvalue weighted by Crippen LogP contribution is 2.27. The van der Waals surface area contributed by atoms with Gasteiger partial charge in [-0.1, -0.05) is 24.3 Å². The third-order valence-corrected chi connectivity index (χ3v) is 4.30. The van der Waals surface area contributed by atoms with Gasteiger partial charge in [-0.05, 0) is 39.2 Å². The Hall–Kier alpha value is -2.67. The predicted octanol–water partition coefficient (Wildman–Crippen LogP) is 4.21. The molecule has 122 valence electrons. The molecule has 0 atom stereocenters. The Kier molecular flexibility index (Phi) is 4.90. The van der Waals surface area contributed by atoms with Crippen molar-refractivity contribution in [2.45, 2.75) is 13.1 Å². The van der Waals surface area contributed by atoms with E-state index in [1.807, 2.05) is 29.1 Å². The molecular weight excluding hydrogens is 372 g/mol. The van der Waals surface area contributed by atoms with E-state index >= 15 is 0 Å². The first-order valence-electron chi connectivity index (χ1n) is 7.35. The van der Waals surface area contributed by atoms with E-state index in [2.05, 4.69) is 38.5 Å². The molecule has 0 unspecified atom stereocenters. The molecule has 0 aliphatic heterocycles. The number of nitro benzene ring substituents is 1. The van der Waals surface area contributed by atoms with Crippen LogP contribution in [0, 0.1) is 10.1 Å². The van der Waals surface area contributed by atoms with Crippen LogP contribution in [-0.4, -0.2) is 14.7 Å². The minimum absolute atomic E-state index is 0.0616. The molecule has 1 heterocycles. The number of hydrogen-bond acceptors (Lipinski definition) is 4. The van der Waals surface area contributed by atoms with Gasteiger partial charge in [0.25, 0.3) is 5.69 Å². The van der Waals surface area contributed by atoms with Crippen molar-refractivity contribution in [1.82, 2.24) is 9.78 Å². The summed E-state index contributed by atoms with van der Waals surface area (Å²) in [6.07, 6.45) is 3.69. The van der Waals surface area contributed by atoms with Crippen LogP contribution in [0.2, 0.25) is 0 Å². The molecule has 6 nitrogen and oxygen atoms in total. The van der Waals surface area contributed by atoms with Crippen molar-refractivity contribution in [2.24, 2.45) is 0 Å². The molecule has 0 spiro atoms. The van der Waals surface area contributed by atoms with Gasteiger partial charge in [0.15, 0.2) is 0 Å². The second-order valence-corrected chi connectivity index (χ2v) is 6.10. The molecule has 0 saturated heterocycles. The van der Waals surface area contributed by atoms with Crippen LogP contribution < -0.4 is 5.32 Å². The van der Waals surface area contributed by atoms with Gasteiger partial charge in [-0.2, -0.15) is 5.10 Å². The highest BCUT2D eigenvalue weighted by Gasteiger charge is 2.09. The largest absolute Gasteiger partial charge is 0.380 e. The zero-order valence-corrected chi connectivity index (χ0v) is 14.3. The summed E-state index contributed by atoms with van der Waals surface area (Å²) in [5.41, 5.74) is 3.20. The Balaban J connectivity index is 1.74. The standard InChI is InChI=1S/C17H15BrN4O2/c18-16-10-15(22(23)24)6-7-17(16)19-11-13-4-1-2-5-14(13)12-21-9-3-8-20-21/h1-10,19H,11-12H2. The van der Waals surface area contributed by atoms with E-state index in [1.165, 1.54) is 17.7 Å². The van der Waals surface area contributed by atoms with Gasteiger partial charge in [0, 0.05) is 41.2 Å². The Labute approximate surface area is 147 Å². The average molecular weight is 387 g/mol. The van der Waals surface area contributed by atoms with E-state index in [0.717, 1.165) is 11.3 Å². The molecule has 0 aliphatic rings. The van der Waals surface area contributed by atoms with E-state index < -0.39 is 4.92 Å². The summed E-state index contributed by atoms with van der Waals surface area (Å²) < 4.78 is 2.54. The summed E-state index contributed by atoms with van der Waals surface area (Å²) in [4.78, 5) is 10.4. The Morgan fingerprint density at radius 2 is 1.96 bits per heavy atom. The molecular formula is C17H15BrN4O2. The highest BCUT2D eigenvalue weighted by atomic mass is 79.9. The number of benzene rings is 2. The summed E-state index contributed by atoms with van der Waals surface area (Å²) in [5.74, 6) is 0. The molecule has 1 N–H and O–H groups in total. The molecule has 0 saturated carbocycles. The zero-order valence-electron chi connectivity index (χ0n) is 12.7. The van der Waals surface area contributed by atoms with Gasteiger partial charge in [0.1, 0.15) is 0 Å². The topological polar surface area (TPSA) is 73.0 Å². The molecule has 0 fully saturated rings. The fourth-order valence-corrected chi connectivity index (χ4v) is 2.91. The minimum Gasteiger partial charge on any atom is -0.380 e. The predicted molar refractivity (Wildman–Crippen MR) is 95.9 cm³/mol. The summed E-state index contributed by atoms with van der Waals surface area (Å²) in [6, 6.07) is 14.7. The molecule has 24 heavy (non-hydrogen) atoms. The molecule has 0 aliphatic carbocycles. The fourth-order valence-electron chi connectivity index (χ4n) is 2.40. The molecule has 0 radical (unpaired) electrons. The maximum Gasteiger partial charge on any atom is 0.270 e. The maximum atomic E-state index is 10.8. The smallest absolute Gasteiger partial charge is 0.270 e.